The second kappa shape index (κ2) is 8.04. The Labute approximate surface area is 179 Å². The van der Waals surface area contributed by atoms with Gasteiger partial charge in [-0.1, -0.05) is 63.7 Å². The van der Waals surface area contributed by atoms with Gasteiger partial charge in [0.2, 0.25) is 0 Å². The molecule has 0 aromatic heterocycles. The molecule has 0 radical (unpaired) electrons. The first-order valence-electron chi connectivity index (χ1n) is 6.07. The molecule has 2 atom stereocenters. The third-order valence-corrected chi connectivity index (χ3v) is 6.03. The molecule has 0 aromatic rings. The lowest BCUT2D eigenvalue weighted by atomic mass is 10.1. The monoisotopic (exact) mass is 684 g/mol. The molecule has 2 nitrogen and oxygen atoms in total. The van der Waals surface area contributed by atoms with Crippen LogP contribution in [0.25, 0.3) is 0 Å². The van der Waals surface area contributed by atoms with Gasteiger partial charge in [0.05, 0.1) is 0 Å². The number of ether oxygens (including phenoxy) is 2. The van der Waals surface area contributed by atoms with Crippen molar-refractivity contribution in [2.45, 2.75) is 21.9 Å². The topological polar surface area (TPSA) is 18.5 Å². The molecular weight excluding hydrogens is 680 g/mol. The van der Waals surface area contributed by atoms with E-state index in [0.717, 1.165) is 17.9 Å². The molecule has 0 bridgehead atoms. The average molecular weight is 690 g/mol. The van der Waals surface area contributed by atoms with Gasteiger partial charge in [-0.2, -0.15) is 0 Å². The van der Waals surface area contributed by atoms with Crippen molar-refractivity contribution < 1.29 is 9.47 Å². The average Bonchev–Trinajstić information content (AvgIpc) is 2.31. The van der Waals surface area contributed by atoms with E-state index in [9.17, 15) is 0 Å². The van der Waals surface area contributed by atoms with Crippen LogP contribution in [0, 0.1) is 0 Å². The van der Waals surface area contributed by atoms with Crippen LogP contribution in [0.2, 0.25) is 0 Å². The van der Waals surface area contributed by atoms with Crippen LogP contribution in [-0.2, 0) is 9.47 Å². The van der Waals surface area contributed by atoms with Crippen LogP contribution < -0.4 is 0 Å². The van der Waals surface area contributed by atoms with E-state index in [1.165, 1.54) is 12.5 Å². The predicted molar refractivity (Wildman–Crippen MR) is 112 cm³/mol. The van der Waals surface area contributed by atoms with Crippen molar-refractivity contribution in [1.29, 1.82) is 0 Å². The summed E-state index contributed by atoms with van der Waals surface area (Å²) in [5.74, 6) is 0. The Morgan fingerprint density at radius 3 is 1.45 bits per heavy atom. The summed E-state index contributed by atoms with van der Waals surface area (Å²) in [6, 6.07) is 0. The van der Waals surface area contributed by atoms with Crippen molar-refractivity contribution in [2.24, 2.45) is 0 Å². The van der Waals surface area contributed by atoms with Crippen LogP contribution in [0.4, 0.5) is 0 Å². The fourth-order valence-electron chi connectivity index (χ4n) is 1.89. The number of rotatable bonds is 4. The quantitative estimate of drug-likeness (QED) is 0.224. The molecule has 2 aliphatic carbocycles. The lowest BCUT2D eigenvalue weighted by Crippen LogP contribution is -2.23. The third kappa shape index (κ3) is 5.92. The van der Waals surface area contributed by atoms with E-state index >= 15 is 0 Å². The fourth-order valence-corrected chi connectivity index (χ4v) is 7.81. The van der Waals surface area contributed by atoms with Crippen molar-refractivity contribution in [3.63, 3.8) is 0 Å². The van der Waals surface area contributed by atoms with Crippen molar-refractivity contribution in [3.8, 4) is 0 Å². The van der Waals surface area contributed by atoms with Gasteiger partial charge in [-0.05, 0) is 56.2 Å². The standard InChI is InChI=1S/C14H10Br6O2/c15-9-3-10(16)6-13(19,5-9)21-1-2-22-14(20)7-11(17)4-12(18)8-14/h1-5,7H,6,8H2. The molecule has 22 heavy (non-hydrogen) atoms. The van der Waals surface area contributed by atoms with Crippen molar-refractivity contribution >= 4 is 95.6 Å². The van der Waals surface area contributed by atoms with Crippen LogP contribution in [0.3, 0.4) is 0 Å². The van der Waals surface area contributed by atoms with Gasteiger partial charge >= 0.3 is 0 Å². The summed E-state index contributed by atoms with van der Waals surface area (Å²) in [6.07, 6.45) is 12.3. The minimum atomic E-state index is -0.595. The van der Waals surface area contributed by atoms with Crippen LogP contribution in [0.15, 0.2) is 54.8 Å². The van der Waals surface area contributed by atoms with E-state index in [2.05, 4.69) is 95.6 Å². The minimum absolute atomic E-state index is 0.595. The zero-order chi connectivity index (χ0) is 16.4. The molecular formula is C14H10Br6O2. The summed E-state index contributed by atoms with van der Waals surface area (Å²) in [4.78, 5) is 0. The lowest BCUT2D eigenvalue weighted by Gasteiger charge is -2.28. The number of hydrogen-bond donors (Lipinski definition) is 0. The molecule has 2 aliphatic rings. The molecule has 2 rings (SSSR count). The second-order valence-electron chi connectivity index (χ2n) is 4.67. The molecule has 0 spiro atoms. The molecule has 0 fully saturated rings. The fraction of sp³-hybridized carbons (Fsp3) is 0.286. The maximum absolute atomic E-state index is 5.76. The zero-order valence-corrected chi connectivity index (χ0v) is 20.5. The van der Waals surface area contributed by atoms with Crippen LogP contribution in [0.5, 0.6) is 0 Å². The summed E-state index contributed by atoms with van der Waals surface area (Å²) in [6.45, 7) is 0. The highest BCUT2D eigenvalue weighted by atomic mass is 79.9. The Balaban J connectivity index is 1.94. The minimum Gasteiger partial charge on any atom is -0.476 e. The smallest absolute Gasteiger partial charge is 0.186 e. The molecule has 0 saturated carbocycles. The van der Waals surface area contributed by atoms with Crippen molar-refractivity contribution in [1.82, 2.24) is 0 Å². The first kappa shape index (κ1) is 19.5. The van der Waals surface area contributed by atoms with E-state index in [1.807, 2.05) is 24.3 Å². The van der Waals surface area contributed by atoms with Gasteiger partial charge in [0.15, 0.2) is 9.02 Å². The number of alkyl halides is 2. The number of hydrogen-bond acceptors (Lipinski definition) is 2. The third-order valence-electron chi connectivity index (χ3n) is 2.70. The maximum atomic E-state index is 5.76. The largest absolute Gasteiger partial charge is 0.476 e. The SMILES string of the molecule is BrC1=CC(Br)(OC=COC2(Br)C=C(Br)C=C(Br)C2)CC(Br)=C1. The summed E-state index contributed by atoms with van der Waals surface area (Å²) < 4.78 is 14.3. The van der Waals surface area contributed by atoms with E-state index in [1.54, 1.807) is 0 Å². The van der Waals surface area contributed by atoms with Gasteiger partial charge < -0.3 is 9.47 Å². The van der Waals surface area contributed by atoms with Crippen LogP contribution in [-0.4, -0.2) is 9.02 Å². The van der Waals surface area contributed by atoms with Gasteiger partial charge in [-0.3, -0.25) is 0 Å². The van der Waals surface area contributed by atoms with Crippen molar-refractivity contribution in [3.05, 3.63) is 54.8 Å². The highest BCUT2D eigenvalue weighted by Gasteiger charge is 2.31. The molecule has 0 saturated heterocycles. The lowest BCUT2D eigenvalue weighted by molar-refractivity contribution is 0.123. The Morgan fingerprint density at radius 2 is 1.14 bits per heavy atom. The van der Waals surface area contributed by atoms with Gasteiger partial charge in [-0.15, -0.1) is 0 Å². The Bertz CT molecular complexity index is 554. The van der Waals surface area contributed by atoms with E-state index in [-0.39, 0.29) is 0 Å². The Morgan fingerprint density at radius 1 is 0.773 bits per heavy atom. The number of allylic oxidation sites excluding steroid dienone is 4. The second-order valence-corrected chi connectivity index (χ2v) is 11.2. The van der Waals surface area contributed by atoms with Crippen LogP contribution >= 0.6 is 95.6 Å². The molecule has 0 amide bonds. The first-order valence-corrected chi connectivity index (χ1v) is 10.8. The number of halogens is 6. The zero-order valence-electron chi connectivity index (χ0n) is 11.0. The Kier molecular flexibility index (Phi) is 7.13. The summed E-state index contributed by atoms with van der Waals surface area (Å²) in [7, 11) is 0. The molecule has 0 aliphatic heterocycles. The van der Waals surface area contributed by atoms with E-state index in [4.69, 9.17) is 9.47 Å². The summed E-state index contributed by atoms with van der Waals surface area (Å²) in [5, 5.41) is 0. The van der Waals surface area contributed by atoms with Crippen molar-refractivity contribution in [2.75, 3.05) is 0 Å². The predicted octanol–water partition coefficient (Wildman–Crippen LogP) is 7.60. The van der Waals surface area contributed by atoms with Gasteiger partial charge in [-0.25, -0.2) is 0 Å². The Hall–Kier alpha value is 1.18. The molecule has 120 valence electrons. The molecule has 2 unspecified atom stereocenters. The molecule has 0 heterocycles. The first-order chi connectivity index (χ1) is 10.2. The van der Waals surface area contributed by atoms with Gasteiger partial charge in [0, 0.05) is 30.8 Å². The molecule has 8 heteroatoms. The summed E-state index contributed by atoms with van der Waals surface area (Å²) in [5.41, 5.74) is 0. The highest BCUT2D eigenvalue weighted by Crippen LogP contribution is 2.40. The van der Waals surface area contributed by atoms with Crippen LogP contribution in [0.1, 0.15) is 12.8 Å². The van der Waals surface area contributed by atoms with E-state index < -0.39 is 9.02 Å². The highest BCUT2D eigenvalue weighted by molar-refractivity contribution is 9.13. The van der Waals surface area contributed by atoms with Gasteiger partial charge in [0.25, 0.3) is 0 Å². The van der Waals surface area contributed by atoms with E-state index in [0.29, 0.717) is 12.8 Å². The molecule has 0 N–H and O–H groups in total. The summed E-state index contributed by atoms with van der Waals surface area (Å²) >= 11 is 21.1. The maximum Gasteiger partial charge on any atom is 0.186 e. The van der Waals surface area contributed by atoms with Gasteiger partial charge in [0.1, 0.15) is 12.5 Å². The normalized spacial score (nSPS) is 32.1. The molecule has 0 aromatic carbocycles.